The molecule has 5 heteroatoms. The standard InChI is InChI=1S/C15H24ClN3O/c1-5-20-12-7-6-8-19(9-12)15-11(4)13(16)17-14(18-15)10(2)3/h10,12H,5-9H2,1-4H3. The zero-order valence-corrected chi connectivity index (χ0v) is 13.6. The van der Waals surface area contributed by atoms with Crippen LogP contribution < -0.4 is 4.90 Å². The van der Waals surface area contributed by atoms with Gasteiger partial charge in [-0.15, -0.1) is 0 Å². The lowest BCUT2D eigenvalue weighted by molar-refractivity contribution is 0.0525. The Bertz CT molecular complexity index is 463. The van der Waals surface area contributed by atoms with Crippen molar-refractivity contribution in [1.29, 1.82) is 0 Å². The summed E-state index contributed by atoms with van der Waals surface area (Å²) >= 11 is 6.27. The first-order chi connectivity index (χ1) is 9.52. The maximum atomic E-state index is 6.27. The molecule has 0 saturated carbocycles. The molecule has 1 aromatic heterocycles. The molecular weight excluding hydrogens is 274 g/mol. The van der Waals surface area contributed by atoms with E-state index in [9.17, 15) is 0 Å². The average molecular weight is 298 g/mol. The molecule has 0 aliphatic carbocycles. The summed E-state index contributed by atoms with van der Waals surface area (Å²) in [6.45, 7) is 10.9. The van der Waals surface area contributed by atoms with Crippen molar-refractivity contribution >= 4 is 17.4 Å². The molecule has 1 atom stereocenters. The van der Waals surface area contributed by atoms with Crippen LogP contribution in [0.5, 0.6) is 0 Å². The van der Waals surface area contributed by atoms with E-state index in [1.807, 2.05) is 13.8 Å². The number of anilines is 1. The molecule has 112 valence electrons. The van der Waals surface area contributed by atoms with Gasteiger partial charge in [-0.25, -0.2) is 9.97 Å². The lowest BCUT2D eigenvalue weighted by Gasteiger charge is -2.34. The molecular formula is C15H24ClN3O. The van der Waals surface area contributed by atoms with Gasteiger partial charge in [0.2, 0.25) is 0 Å². The van der Waals surface area contributed by atoms with E-state index in [0.717, 1.165) is 49.7 Å². The highest BCUT2D eigenvalue weighted by atomic mass is 35.5. The van der Waals surface area contributed by atoms with Gasteiger partial charge in [-0.2, -0.15) is 0 Å². The molecule has 1 aliphatic heterocycles. The summed E-state index contributed by atoms with van der Waals surface area (Å²) in [5.41, 5.74) is 0.966. The van der Waals surface area contributed by atoms with Crippen LogP contribution in [0.25, 0.3) is 0 Å². The fraction of sp³-hybridized carbons (Fsp3) is 0.733. The van der Waals surface area contributed by atoms with Crippen LogP contribution in [0.1, 0.15) is 50.9 Å². The van der Waals surface area contributed by atoms with Gasteiger partial charge in [0.05, 0.1) is 6.10 Å². The number of ether oxygens (including phenoxy) is 1. The number of aromatic nitrogens is 2. The van der Waals surface area contributed by atoms with Crippen LogP contribution in [0.4, 0.5) is 5.82 Å². The van der Waals surface area contributed by atoms with Crippen LogP contribution in [-0.2, 0) is 4.74 Å². The van der Waals surface area contributed by atoms with E-state index in [0.29, 0.717) is 11.3 Å². The fourth-order valence-electron chi connectivity index (χ4n) is 2.56. The smallest absolute Gasteiger partial charge is 0.137 e. The summed E-state index contributed by atoms with van der Waals surface area (Å²) in [6.07, 6.45) is 2.55. The van der Waals surface area contributed by atoms with Crippen molar-refractivity contribution in [2.24, 2.45) is 0 Å². The number of nitrogens with zero attached hydrogens (tertiary/aromatic N) is 3. The Balaban J connectivity index is 2.26. The van der Waals surface area contributed by atoms with E-state index >= 15 is 0 Å². The fourth-order valence-corrected chi connectivity index (χ4v) is 2.73. The van der Waals surface area contributed by atoms with Gasteiger partial charge in [-0.1, -0.05) is 25.4 Å². The molecule has 2 rings (SSSR count). The summed E-state index contributed by atoms with van der Waals surface area (Å²) in [6, 6.07) is 0. The Kier molecular flexibility index (Phi) is 5.22. The largest absolute Gasteiger partial charge is 0.377 e. The van der Waals surface area contributed by atoms with E-state index in [1.54, 1.807) is 0 Å². The summed E-state index contributed by atoms with van der Waals surface area (Å²) in [5.74, 6) is 2.06. The van der Waals surface area contributed by atoms with Crippen molar-refractivity contribution in [2.45, 2.75) is 52.6 Å². The lowest BCUT2D eigenvalue weighted by atomic mass is 10.1. The first-order valence-electron chi connectivity index (χ1n) is 7.43. The summed E-state index contributed by atoms with van der Waals surface area (Å²) in [4.78, 5) is 11.4. The predicted molar refractivity (Wildman–Crippen MR) is 82.7 cm³/mol. The Morgan fingerprint density at radius 2 is 2.15 bits per heavy atom. The number of hydrogen-bond donors (Lipinski definition) is 0. The van der Waals surface area contributed by atoms with Crippen molar-refractivity contribution in [3.8, 4) is 0 Å². The van der Waals surface area contributed by atoms with E-state index in [2.05, 4.69) is 23.7 Å². The van der Waals surface area contributed by atoms with Crippen molar-refractivity contribution < 1.29 is 4.74 Å². The number of hydrogen-bond acceptors (Lipinski definition) is 4. The molecule has 4 nitrogen and oxygen atoms in total. The first-order valence-corrected chi connectivity index (χ1v) is 7.81. The Morgan fingerprint density at radius 3 is 2.80 bits per heavy atom. The summed E-state index contributed by atoms with van der Waals surface area (Å²) in [5, 5.41) is 0.567. The molecule has 20 heavy (non-hydrogen) atoms. The van der Waals surface area contributed by atoms with E-state index in [4.69, 9.17) is 21.3 Å². The Labute approximate surface area is 126 Å². The number of halogens is 1. The highest BCUT2D eigenvalue weighted by molar-refractivity contribution is 6.30. The molecule has 1 fully saturated rings. The third-order valence-corrected chi connectivity index (χ3v) is 4.04. The SMILES string of the molecule is CCOC1CCCN(c2nc(C(C)C)nc(Cl)c2C)C1. The van der Waals surface area contributed by atoms with E-state index < -0.39 is 0 Å². The number of rotatable bonds is 4. The average Bonchev–Trinajstić information content (AvgIpc) is 2.42. The van der Waals surface area contributed by atoms with Crippen molar-refractivity contribution in [3.63, 3.8) is 0 Å². The molecule has 1 saturated heterocycles. The second kappa shape index (κ2) is 6.72. The summed E-state index contributed by atoms with van der Waals surface area (Å²) < 4.78 is 5.76. The Hall–Kier alpha value is -0.870. The van der Waals surface area contributed by atoms with E-state index in [1.165, 1.54) is 0 Å². The summed E-state index contributed by atoms with van der Waals surface area (Å²) in [7, 11) is 0. The zero-order chi connectivity index (χ0) is 14.7. The third kappa shape index (κ3) is 3.41. The second-order valence-corrected chi connectivity index (χ2v) is 6.00. The minimum Gasteiger partial charge on any atom is -0.377 e. The van der Waals surface area contributed by atoms with Gasteiger partial charge >= 0.3 is 0 Å². The molecule has 1 aliphatic rings. The second-order valence-electron chi connectivity index (χ2n) is 5.64. The minimum absolute atomic E-state index is 0.277. The number of piperidine rings is 1. The Morgan fingerprint density at radius 1 is 1.40 bits per heavy atom. The molecule has 0 aromatic carbocycles. The molecule has 0 N–H and O–H groups in total. The van der Waals surface area contributed by atoms with Crippen LogP contribution in [0.3, 0.4) is 0 Å². The zero-order valence-electron chi connectivity index (χ0n) is 12.8. The molecule has 1 aromatic rings. The highest BCUT2D eigenvalue weighted by Crippen LogP contribution is 2.28. The molecule has 0 bridgehead atoms. The van der Waals surface area contributed by atoms with Crippen molar-refractivity contribution in [1.82, 2.24) is 9.97 Å². The van der Waals surface area contributed by atoms with Crippen LogP contribution in [0.2, 0.25) is 5.15 Å². The molecule has 0 radical (unpaired) electrons. The molecule has 0 spiro atoms. The van der Waals surface area contributed by atoms with Gasteiger partial charge in [0.15, 0.2) is 0 Å². The third-order valence-electron chi connectivity index (χ3n) is 3.67. The van der Waals surface area contributed by atoms with Crippen molar-refractivity contribution in [2.75, 3.05) is 24.6 Å². The van der Waals surface area contributed by atoms with E-state index in [-0.39, 0.29) is 5.92 Å². The van der Waals surface area contributed by atoms with Crippen LogP contribution in [-0.4, -0.2) is 35.8 Å². The van der Waals surface area contributed by atoms with Crippen LogP contribution in [0.15, 0.2) is 0 Å². The monoisotopic (exact) mass is 297 g/mol. The quantitative estimate of drug-likeness (QED) is 0.796. The molecule has 1 unspecified atom stereocenters. The highest BCUT2D eigenvalue weighted by Gasteiger charge is 2.24. The van der Waals surface area contributed by atoms with Gasteiger partial charge in [0.25, 0.3) is 0 Å². The topological polar surface area (TPSA) is 38.2 Å². The molecule has 2 heterocycles. The lowest BCUT2D eigenvalue weighted by Crippen LogP contribution is -2.40. The van der Waals surface area contributed by atoms with Crippen molar-refractivity contribution in [3.05, 3.63) is 16.5 Å². The van der Waals surface area contributed by atoms with Gasteiger partial charge in [0, 0.05) is 31.2 Å². The predicted octanol–water partition coefficient (Wildman–Crippen LogP) is 3.57. The normalized spacial score (nSPS) is 19.7. The maximum absolute atomic E-state index is 6.27. The van der Waals surface area contributed by atoms with Gasteiger partial charge in [-0.3, -0.25) is 0 Å². The van der Waals surface area contributed by atoms with Crippen LogP contribution >= 0.6 is 11.6 Å². The molecule has 0 amide bonds. The minimum atomic E-state index is 0.277. The van der Waals surface area contributed by atoms with Gasteiger partial charge < -0.3 is 9.64 Å². The maximum Gasteiger partial charge on any atom is 0.137 e. The van der Waals surface area contributed by atoms with Crippen LogP contribution in [0, 0.1) is 6.92 Å². The van der Waals surface area contributed by atoms with Gasteiger partial charge in [0.1, 0.15) is 16.8 Å². The first kappa shape index (κ1) is 15.5. The van der Waals surface area contributed by atoms with Gasteiger partial charge in [-0.05, 0) is 26.7 Å².